The molecule has 1 aromatic heterocycles. The minimum atomic E-state index is -0.0760. The molecule has 1 atom stereocenters. The van der Waals surface area contributed by atoms with Gasteiger partial charge in [-0.2, -0.15) is 0 Å². The fourth-order valence-corrected chi connectivity index (χ4v) is 1.89. The minimum absolute atomic E-state index is 0.0760. The lowest BCUT2D eigenvalue weighted by Gasteiger charge is -2.04. The molecule has 1 aromatic carbocycles. The molecule has 1 heterocycles. The fourth-order valence-electron chi connectivity index (χ4n) is 1.57. The molecule has 0 saturated heterocycles. The Morgan fingerprint density at radius 3 is 2.88 bits per heavy atom. The second kappa shape index (κ2) is 4.85. The van der Waals surface area contributed by atoms with Crippen molar-refractivity contribution in [3.63, 3.8) is 0 Å². The summed E-state index contributed by atoms with van der Waals surface area (Å²) in [5.74, 6) is 0. The molecule has 0 aliphatic heterocycles. The molecule has 5 heteroatoms. The fraction of sp³-hybridized carbons (Fsp3) is 0.333. The van der Waals surface area contributed by atoms with Crippen molar-refractivity contribution in [3.05, 3.63) is 40.7 Å². The van der Waals surface area contributed by atoms with Crippen LogP contribution in [0.3, 0.4) is 0 Å². The van der Waals surface area contributed by atoms with Gasteiger partial charge in [0, 0.05) is 0 Å². The summed E-state index contributed by atoms with van der Waals surface area (Å²) in [6.45, 7) is 4.01. The van der Waals surface area contributed by atoms with Gasteiger partial charge in [0.15, 0.2) is 0 Å². The maximum Gasteiger partial charge on any atom is 0.0998 e. The van der Waals surface area contributed by atoms with Crippen LogP contribution in [0.4, 0.5) is 0 Å². The number of benzene rings is 1. The third kappa shape index (κ3) is 2.48. The van der Waals surface area contributed by atoms with Crippen molar-refractivity contribution in [1.82, 2.24) is 15.0 Å². The summed E-state index contributed by atoms with van der Waals surface area (Å²) in [6, 6.07) is 5.74. The van der Waals surface area contributed by atoms with E-state index in [4.69, 9.17) is 17.3 Å². The lowest BCUT2D eigenvalue weighted by Crippen LogP contribution is -2.08. The van der Waals surface area contributed by atoms with Crippen LogP contribution in [-0.2, 0) is 0 Å². The molecular weight excluding hydrogens is 236 g/mol. The molecule has 0 fully saturated rings. The number of aryl methyl sites for hydroxylation is 1. The van der Waals surface area contributed by atoms with Gasteiger partial charge in [-0.15, -0.1) is 5.10 Å². The van der Waals surface area contributed by atoms with Crippen molar-refractivity contribution >= 4 is 11.6 Å². The van der Waals surface area contributed by atoms with Gasteiger partial charge >= 0.3 is 0 Å². The second-order valence-electron chi connectivity index (χ2n) is 4.06. The van der Waals surface area contributed by atoms with Gasteiger partial charge in [0.25, 0.3) is 0 Å². The first-order valence-electron chi connectivity index (χ1n) is 5.56. The molecule has 1 unspecified atom stereocenters. The standard InChI is InChI=1S/C12H15ClN4/c1-3-10(14)11-7-17(16-15-11)12-5-4-8(2)6-9(12)13/h4-7,10H,3,14H2,1-2H3. The second-order valence-corrected chi connectivity index (χ2v) is 4.46. The van der Waals surface area contributed by atoms with Crippen LogP contribution >= 0.6 is 11.6 Å². The molecule has 0 radical (unpaired) electrons. The molecule has 2 aromatic rings. The Hall–Kier alpha value is -1.39. The van der Waals surface area contributed by atoms with Gasteiger partial charge in [0.2, 0.25) is 0 Å². The van der Waals surface area contributed by atoms with E-state index in [1.54, 1.807) is 4.68 Å². The first-order valence-corrected chi connectivity index (χ1v) is 5.94. The lowest BCUT2D eigenvalue weighted by molar-refractivity contribution is 0.670. The van der Waals surface area contributed by atoms with Crippen LogP contribution in [0.1, 0.15) is 30.6 Å². The molecule has 0 aliphatic rings. The molecule has 2 N–H and O–H groups in total. The van der Waals surface area contributed by atoms with E-state index in [9.17, 15) is 0 Å². The summed E-state index contributed by atoms with van der Waals surface area (Å²) in [4.78, 5) is 0. The summed E-state index contributed by atoms with van der Waals surface area (Å²) in [7, 11) is 0. The van der Waals surface area contributed by atoms with E-state index in [0.717, 1.165) is 23.4 Å². The Morgan fingerprint density at radius 1 is 1.47 bits per heavy atom. The number of hydrogen-bond acceptors (Lipinski definition) is 3. The number of nitrogens with two attached hydrogens (primary N) is 1. The molecule has 0 bridgehead atoms. The first-order chi connectivity index (χ1) is 8.11. The van der Waals surface area contributed by atoms with Crippen LogP contribution in [0.25, 0.3) is 5.69 Å². The highest BCUT2D eigenvalue weighted by molar-refractivity contribution is 6.32. The predicted molar refractivity (Wildman–Crippen MR) is 68.3 cm³/mol. The lowest BCUT2D eigenvalue weighted by atomic mass is 10.2. The monoisotopic (exact) mass is 250 g/mol. The van der Waals surface area contributed by atoms with E-state index in [-0.39, 0.29) is 6.04 Å². The molecule has 17 heavy (non-hydrogen) atoms. The van der Waals surface area contributed by atoms with Crippen molar-refractivity contribution in [2.75, 3.05) is 0 Å². The number of aromatic nitrogens is 3. The van der Waals surface area contributed by atoms with Crippen molar-refractivity contribution in [3.8, 4) is 5.69 Å². The van der Waals surface area contributed by atoms with Gasteiger partial charge in [-0.3, -0.25) is 0 Å². The number of nitrogens with zero attached hydrogens (tertiary/aromatic N) is 3. The summed E-state index contributed by atoms with van der Waals surface area (Å²) < 4.78 is 1.66. The third-order valence-electron chi connectivity index (χ3n) is 2.68. The van der Waals surface area contributed by atoms with E-state index in [0.29, 0.717) is 5.02 Å². The average molecular weight is 251 g/mol. The largest absolute Gasteiger partial charge is 0.323 e. The SMILES string of the molecule is CCC(N)c1cn(-c2ccc(C)cc2Cl)nn1. The first kappa shape index (κ1) is 12.1. The Bertz CT molecular complexity index is 521. The Labute approximate surface area is 105 Å². The van der Waals surface area contributed by atoms with Gasteiger partial charge in [-0.1, -0.05) is 29.8 Å². The Morgan fingerprint density at radius 2 is 2.24 bits per heavy atom. The van der Waals surface area contributed by atoms with Crippen LogP contribution < -0.4 is 5.73 Å². The van der Waals surface area contributed by atoms with Crippen molar-refractivity contribution in [1.29, 1.82) is 0 Å². The molecule has 0 saturated carbocycles. The van der Waals surface area contributed by atoms with Crippen LogP contribution in [0.2, 0.25) is 5.02 Å². The molecule has 0 spiro atoms. The summed E-state index contributed by atoms with van der Waals surface area (Å²) in [5, 5.41) is 8.76. The van der Waals surface area contributed by atoms with Crippen molar-refractivity contribution in [2.45, 2.75) is 26.3 Å². The van der Waals surface area contributed by atoms with Crippen molar-refractivity contribution < 1.29 is 0 Å². The van der Waals surface area contributed by atoms with E-state index >= 15 is 0 Å². The maximum absolute atomic E-state index is 6.17. The van der Waals surface area contributed by atoms with Gasteiger partial charge in [-0.25, -0.2) is 4.68 Å². The summed E-state index contributed by atoms with van der Waals surface area (Å²) in [6.07, 6.45) is 2.66. The van der Waals surface area contributed by atoms with Gasteiger partial charge in [0.1, 0.15) is 0 Å². The Balaban J connectivity index is 2.37. The quantitative estimate of drug-likeness (QED) is 0.911. The molecule has 90 valence electrons. The normalized spacial score (nSPS) is 12.7. The van der Waals surface area contributed by atoms with E-state index in [2.05, 4.69) is 10.3 Å². The highest BCUT2D eigenvalue weighted by atomic mass is 35.5. The molecule has 4 nitrogen and oxygen atoms in total. The van der Waals surface area contributed by atoms with Crippen LogP contribution in [0, 0.1) is 6.92 Å². The van der Waals surface area contributed by atoms with Gasteiger partial charge in [0.05, 0.1) is 28.6 Å². The van der Waals surface area contributed by atoms with Gasteiger partial charge < -0.3 is 5.73 Å². The highest BCUT2D eigenvalue weighted by Crippen LogP contribution is 2.21. The number of hydrogen-bond donors (Lipinski definition) is 1. The predicted octanol–water partition coefficient (Wildman–Crippen LogP) is 2.64. The Kier molecular flexibility index (Phi) is 3.45. The highest BCUT2D eigenvalue weighted by Gasteiger charge is 2.10. The van der Waals surface area contributed by atoms with Crippen LogP contribution in [-0.4, -0.2) is 15.0 Å². The molecular formula is C12H15ClN4. The van der Waals surface area contributed by atoms with Gasteiger partial charge in [-0.05, 0) is 31.0 Å². The number of rotatable bonds is 3. The third-order valence-corrected chi connectivity index (χ3v) is 2.98. The van der Waals surface area contributed by atoms with Crippen LogP contribution in [0.15, 0.2) is 24.4 Å². The minimum Gasteiger partial charge on any atom is -0.323 e. The molecule has 2 rings (SSSR count). The molecule has 0 amide bonds. The zero-order valence-electron chi connectivity index (χ0n) is 9.89. The number of halogens is 1. The smallest absolute Gasteiger partial charge is 0.0998 e. The molecule has 0 aliphatic carbocycles. The zero-order valence-corrected chi connectivity index (χ0v) is 10.6. The van der Waals surface area contributed by atoms with E-state index in [1.807, 2.05) is 38.2 Å². The zero-order chi connectivity index (χ0) is 12.4. The topological polar surface area (TPSA) is 56.7 Å². The van der Waals surface area contributed by atoms with E-state index in [1.165, 1.54) is 0 Å². The maximum atomic E-state index is 6.17. The summed E-state index contributed by atoms with van der Waals surface area (Å²) >= 11 is 6.17. The van der Waals surface area contributed by atoms with Crippen LogP contribution in [0.5, 0.6) is 0 Å². The average Bonchev–Trinajstić information content (AvgIpc) is 2.77. The van der Waals surface area contributed by atoms with Crippen molar-refractivity contribution in [2.24, 2.45) is 5.73 Å². The summed E-state index contributed by atoms with van der Waals surface area (Å²) in [5.41, 5.74) is 8.61. The van der Waals surface area contributed by atoms with E-state index < -0.39 is 0 Å².